The first-order chi connectivity index (χ1) is 18.6. The predicted molar refractivity (Wildman–Crippen MR) is 152 cm³/mol. The fraction of sp³-hybridized carbons (Fsp3) is 0.633. The van der Waals surface area contributed by atoms with Gasteiger partial charge >= 0.3 is 0 Å². The summed E-state index contributed by atoms with van der Waals surface area (Å²) in [6.07, 6.45) is 7.55. The molecule has 1 fully saturated rings. The number of allylic oxidation sites excluding steroid dienone is 1. The Hall–Kier alpha value is -2.75. The second kappa shape index (κ2) is 17.0. The number of hydrazine groups is 1. The summed E-state index contributed by atoms with van der Waals surface area (Å²) in [5.74, 6) is -2.29. The van der Waals surface area contributed by atoms with E-state index in [-0.39, 0.29) is 23.7 Å². The van der Waals surface area contributed by atoms with E-state index >= 15 is 0 Å². The third kappa shape index (κ3) is 11.5. The Morgan fingerprint density at radius 1 is 1.10 bits per heavy atom. The third-order valence-corrected chi connectivity index (χ3v) is 6.91. The number of ether oxygens (including phenoxy) is 1. The van der Waals surface area contributed by atoms with Crippen LogP contribution in [0.4, 0.5) is 0 Å². The molecule has 1 aliphatic rings. The summed E-state index contributed by atoms with van der Waals surface area (Å²) < 4.78 is 5.58. The molecule has 1 heterocycles. The Bertz CT molecular complexity index is 915. The van der Waals surface area contributed by atoms with Gasteiger partial charge in [0.1, 0.15) is 0 Å². The van der Waals surface area contributed by atoms with Gasteiger partial charge in [-0.05, 0) is 50.0 Å². The topological polar surface area (TPSA) is 123 Å². The molecule has 0 radical (unpaired) electrons. The number of hydroxylamine groups is 1. The SMILES string of the molecule is CC[C@H](C)CN(NC(=O)[C@H](CC(C)C)[C@H](C/C=C/c1ccccc1)C(=O)NOC1CCCCO1)C(=O)[C@@H](C)N. The fourth-order valence-corrected chi connectivity index (χ4v) is 4.43. The van der Waals surface area contributed by atoms with Crippen molar-refractivity contribution < 1.29 is 24.0 Å². The maximum absolute atomic E-state index is 13.8. The molecule has 0 saturated carbocycles. The molecule has 3 amide bonds. The van der Waals surface area contributed by atoms with Crippen LogP contribution in [0.1, 0.15) is 78.7 Å². The van der Waals surface area contributed by atoms with Crippen molar-refractivity contribution in [2.75, 3.05) is 13.2 Å². The van der Waals surface area contributed by atoms with Gasteiger partial charge in [-0.2, -0.15) is 0 Å². The third-order valence-electron chi connectivity index (χ3n) is 6.91. The van der Waals surface area contributed by atoms with Crippen molar-refractivity contribution in [1.82, 2.24) is 15.9 Å². The van der Waals surface area contributed by atoms with E-state index in [9.17, 15) is 14.4 Å². The Morgan fingerprint density at radius 3 is 2.41 bits per heavy atom. The number of carbonyl (C=O) groups excluding carboxylic acids is 3. The standard InChI is InChI=1S/C30H48N4O5/c1-6-22(4)20-34(30(37)23(5)31)32-28(35)26(19-21(2)3)25(16-12-15-24-13-8-7-9-14-24)29(36)33-39-27-17-10-11-18-38-27/h7-9,12-15,21-23,25-27H,6,10-11,16-20,31H2,1-5H3,(H,32,35)(H,33,36)/b15-12+/t22-,23+,25-,26+,27?/m0/s1. The van der Waals surface area contributed by atoms with E-state index in [0.29, 0.717) is 32.4 Å². The van der Waals surface area contributed by atoms with Crippen LogP contribution >= 0.6 is 0 Å². The fourth-order valence-electron chi connectivity index (χ4n) is 4.43. The molecule has 1 aromatic carbocycles. The van der Waals surface area contributed by atoms with Crippen LogP contribution in [0.3, 0.4) is 0 Å². The molecule has 0 aliphatic carbocycles. The minimum absolute atomic E-state index is 0.129. The van der Waals surface area contributed by atoms with Crippen molar-refractivity contribution in [2.45, 2.75) is 85.5 Å². The Labute approximate surface area is 233 Å². The summed E-state index contributed by atoms with van der Waals surface area (Å²) in [6.45, 7) is 10.6. The molecule has 9 heteroatoms. The molecule has 5 atom stereocenters. The van der Waals surface area contributed by atoms with E-state index in [0.717, 1.165) is 24.8 Å². The number of nitrogens with one attached hydrogen (secondary N) is 2. The van der Waals surface area contributed by atoms with Crippen molar-refractivity contribution >= 4 is 23.8 Å². The van der Waals surface area contributed by atoms with E-state index in [1.54, 1.807) is 6.92 Å². The van der Waals surface area contributed by atoms with Crippen LogP contribution in [0, 0.1) is 23.7 Å². The van der Waals surface area contributed by atoms with Gasteiger partial charge in [-0.15, -0.1) is 0 Å². The Morgan fingerprint density at radius 2 is 1.82 bits per heavy atom. The zero-order chi connectivity index (χ0) is 28.8. The van der Waals surface area contributed by atoms with Gasteiger partial charge < -0.3 is 10.5 Å². The summed E-state index contributed by atoms with van der Waals surface area (Å²) in [5, 5.41) is 1.32. The highest BCUT2D eigenvalue weighted by Gasteiger charge is 2.36. The van der Waals surface area contributed by atoms with Crippen LogP contribution in [-0.2, 0) is 24.0 Å². The molecular formula is C30H48N4O5. The molecule has 4 N–H and O–H groups in total. The second-order valence-electron chi connectivity index (χ2n) is 11.0. The van der Waals surface area contributed by atoms with Crippen LogP contribution in [0.2, 0.25) is 0 Å². The van der Waals surface area contributed by atoms with E-state index in [1.807, 2.05) is 70.2 Å². The average molecular weight is 545 g/mol. The molecular weight excluding hydrogens is 496 g/mol. The van der Waals surface area contributed by atoms with Crippen LogP contribution in [0.5, 0.6) is 0 Å². The van der Waals surface area contributed by atoms with Gasteiger partial charge in [0, 0.05) is 19.6 Å². The molecule has 1 aliphatic heterocycles. The highest BCUT2D eigenvalue weighted by atomic mass is 16.8. The normalized spacial score (nSPS) is 18.8. The van der Waals surface area contributed by atoms with Gasteiger partial charge in [0.05, 0.1) is 17.9 Å². The maximum atomic E-state index is 13.8. The van der Waals surface area contributed by atoms with Gasteiger partial charge in [-0.25, -0.2) is 10.3 Å². The van der Waals surface area contributed by atoms with Gasteiger partial charge in [0.15, 0.2) is 6.29 Å². The number of rotatable bonds is 14. The number of nitrogens with two attached hydrogens (primary N) is 1. The van der Waals surface area contributed by atoms with E-state index in [2.05, 4.69) is 10.9 Å². The van der Waals surface area contributed by atoms with Gasteiger partial charge in [-0.1, -0.05) is 76.6 Å². The molecule has 218 valence electrons. The first kappa shape index (κ1) is 32.5. The zero-order valence-electron chi connectivity index (χ0n) is 24.2. The molecule has 2 rings (SSSR count). The average Bonchev–Trinajstić information content (AvgIpc) is 2.93. The van der Waals surface area contributed by atoms with Crippen molar-refractivity contribution in [1.29, 1.82) is 0 Å². The molecule has 1 saturated heterocycles. The van der Waals surface area contributed by atoms with Gasteiger partial charge in [0.2, 0.25) is 11.8 Å². The minimum atomic E-state index is -0.769. The summed E-state index contributed by atoms with van der Waals surface area (Å²) in [5.41, 5.74) is 12.3. The van der Waals surface area contributed by atoms with E-state index in [4.69, 9.17) is 15.3 Å². The smallest absolute Gasteiger partial charge is 0.257 e. The molecule has 0 bridgehead atoms. The number of hydrogen-bond acceptors (Lipinski definition) is 6. The largest absolute Gasteiger partial charge is 0.350 e. The first-order valence-electron chi connectivity index (χ1n) is 14.3. The van der Waals surface area contributed by atoms with Crippen LogP contribution in [0.15, 0.2) is 36.4 Å². The summed E-state index contributed by atoms with van der Waals surface area (Å²) in [4.78, 5) is 45.7. The lowest BCUT2D eigenvalue weighted by atomic mass is 9.82. The lowest BCUT2D eigenvalue weighted by Crippen LogP contribution is -2.55. The van der Waals surface area contributed by atoms with Gasteiger partial charge in [0.25, 0.3) is 5.91 Å². The van der Waals surface area contributed by atoms with Crippen LogP contribution < -0.4 is 16.6 Å². The molecule has 1 aromatic rings. The minimum Gasteiger partial charge on any atom is -0.350 e. The van der Waals surface area contributed by atoms with E-state index in [1.165, 1.54) is 5.01 Å². The van der Waals surface area contributed by atoms with Crippen molar-refractivity contribution in [2.24, 2.45) is 29.4 Å². The molecule has 39 heavy (non-hydrogen) atoms. The maximum Gasteiger partial charge on any atom is 0.257 e. The molecule has 1 unspecified atom stereocenters. The number of carbonyl (C=O) groups is 3. The Balaban J connectivity index is 2.29. The zero-order valence-corrected chi connectivity index (χ0v) is 24.2. The monoisotopic (exact) mass is 544 g/mol. The first-order valence-corrected chi connectivity index (χ1v) is 14.3. The predicted octanol–water partition coefficient (Wildman–Crippen LogP) is 4.20. The molecule has 9 nitrogen and oxygen atoms in total. The van der Waals surface area contributed by atoms with Gasteiger partial charge in [-0.3, -0.25) is 24.8 Å². The highest BCUT2D eigenvalue weighted by molar-refractivity contribution is 5.89. The quantitative estimate of drug-likeness (QED) is 0.302. The summed E-state index contributed by atoms with van der Waals surface area (Å²) in [6, 6.07) is 9.00. The lowest BCUT2D eigenvalue weighted by molar-refractivity contribution is -0.203. The van der Waals surface area contributed by atoms with Crippen molar-refractivity contribution in [3.63, 3.8) is 0 Å². The second-order valence-corrected chi connectivity index (χ2v) is 11.0. The Kier molecular flexibility index (Phi) is 14.2. The summed E-state index contributed by atoms with van der Waals surface area (Å²) in [7, 11) is 0. The number of hydrogen-bond donors (Lipinski definition) is 3. The molecule has 0 aromatic heterocycles. The van der Waals surface area contributed by atoms with Crippen LogP contribution in [0.25, 0.3) is 6.08 Å². The molecule has 0 spiro atoms. The van der Waals surface area contributed by atoms with Crippen LogP contribution in [-0.4, -0.2) is 48.2 Å². The summed E-state index contributed by atoms with van der Waals surface area (Å²) >= 11 is 0. The number of nitrogens with zero attached hydrogens (tertiary/aromatic N) is 1. The number of benzene rings is 1. The van der Waals surface area contributed by atoms with Crippen molar-refractivity contribution in [3.05, 3.63) is 42.0 Å². The highest BCUT2D eigenvalue weighted by Crippen LogP contribution is 2.26. The van der Waals surface area contributed by atoms with E-state index < -0.39 is 30.1 Å². The number of amides is 3. The lowest BCUT2D eigenvalue weighted by Gasteiger charge is -2.32. The van der Waals surface area contributed by atoms with Crippen molar-refractivity contribution in [3.8, 4) is 0 Å².